The van der Waals surface area contributed by atoms with Crippen LogP contribution in [0.1, 0.15) is 31.8 Å². The molecule has 39 heavy (non-hydrogen) atoms. The molecule has 0 radical (unpaired) electrons. The largest absolute Gasteiger partial charge is 0.321 e. The summed E-state index contributed by atoms with van der Waals surface area (Å²) in [4.78, 5) is 38.5. The number of anilines is 1. The summed E-state index contributed by atoms with van der Waals surface area (Å²) in [6, 6.07) is 26.8. The van der Waals surface area contributed by atoms with Gasteiger partial charge in [0.1, 0.15) is 5.70 Å². The second-order valence-corrected chi connectivity index (χ2v) is 9.60. The second-order valence-electron chi connectivity index (χ2n) is 8.32. The maximum Gasteiger partial charge on any atom is 0.272 e. The fraction of sp³-hybridized carbons (Fsp3) is 0. The fourth-order valence-electron chi connectivity index (χ4n) is 3.48. The summed E-state index contributed by atoms with van der Waals surface area (Å²) in [5.41, 5.74) is 2.64. The van der Waals surface area contributed by atoms with Crippen molar-refractivity contribution in [3.63, 3.8) is 0 Å². The minimum Gasteiger partial charge on any atom is -0.321 e. The van der Waals surface area contributed by atoms with E-state index in [0.717, 1.165) is 0 Å². The van der Waals surface area contributed by atoms with Crippen LogP contribution >= 0.6 is 34.8 Å². The predicted octanol–water partition coefficient (Wildman–Crippen LogP) is 7.95. The summed E-state index contributed by atoms with van der Waals surface area (Å²) < 4.78 is 0. The Kier molecular flexibility index (Phi) is 9.34. The zero-order valence-electron chi connectivity index (χ0n) is 20.3. The summed E-state index contributed by atoms with van der Waals surface area (Å²) in [5, 5.41) is 6.93. The molecule has 0 aliphatic rings. The number of hydrogen-bond donors (Lipinski definition) is 2. The average molecular weight is 576 g/mol. The summed E-state index contributed by atoms with van der Waals surface area (Å²) in [6.07, 6.45) is 4.58. The first-order chi connectivity index (χ1) is 18.8. The Labute approximate surface area is 240 Å². The third-order valence-electron chi connectivity index (χ3n) is 5.51. The first kappa shape index (κ1) is 27.9. The Hall–Kier alpha value is -4.16. The van der Waals surface area contributed by atoms with Crippen molar-refractivity contribution in [3.8, 4) is 0 Å². The lowest BCUT2D eigenvalue weighted by Crippen LogP contribution is -2.30. The molecule has 0 atom stereocenters. The van der Waals surface area contributed by atoms with Crippen LogP contribution in [0.15, 0.2) is 109 Å². The Balaban J connectivity index is 1.49. The average Bonchev–Trinajstić information content (AvgIpc) is 2.94. The van der Waals surface area contributed by atoms with Crippen molar-refractivity contribution >= 4 is 70.2 Å². The van der Waals surface area contributed by atoms with Gasteiger partial charge in [0.15, 0.2) is 5.78 Å². The highest BCUT2D eigenvalue weighted by atomic mass is 35.5. The van der Waals surface area contributed by atoms with Gasteiger partial charge in [-0.3, -0.25) is 14.4 Å². The minimum absolute atomic E-state index is 0.0362. The SMILES string of the molecule is O=C(Nc1ccc(C(=O)/C=C/c2ccc(Cl)cc2Cl)cc1)/C(=C/c1ccc(Cl)cc1)NC(=O)c1ccccc1. The monoisotopic (exact) mass is 574 g/mol. The van der Waals surface area contributed by atoms with E-state index in [2.05, 4.69) is 10.6 Å². The molecule has 4 aromatic rings. The molecule has 2 amide bonds. The van der Waals surface area contributed by atoms with E-state index in [1.807, 2.05) is 0 Å². The number of carbonyl (C=O) groups excluding carboxylic acids is 3. The number of hydrogen-bond acceptors (Lipinski definition) is 3. The Morgan fingerprint density at radius 2 is 1.36 bits per heavy atom. The van der Waals surface area contributed by atoms with Crippen LogP contribution in [-0.2, 0) is 4.79 Å². The van der Waals surface area contributed by atoms with Crippen LogP contribution in [0.3, 0.4) is 0 Å². The van der Waals surface area contributed by atoms with Crippen LogP contribution in [0.2, 0.25) is 15.1 Å². The van der Waals surface area contributed by atoms with Crippen molar-refractivity contribution < 1.29 is 14.4 Å². The van der Waals surface area contributed by atoms with Gasteiger partial charge in [0.05, 0.1) is 0 Å². The molecule has 0 saturated heterocycles. The minimum atomic E-state index is -0.536. The van der Waals surface area contributed by atoms with Crippen LogP contribution in [0.5, 0.6) is 0 Å². The molecule has 0 spiro atoms. The molecule has 4 rings (SSSR count). The molecule has 5 nitrogen and oxygen atoms in total. The standard InChI is InChI=1S/C31H21Cl3N2O3/c32-24-12-6-20(7-13-24)18-28(36-30(38)23-4-2-1-3-5-23)31(39)35-26-15-9-22(10-16-26)29(37)17-11-21-8-14-25(33)19-27(21)34/h1-19H,(H,35,39)(H,36,38)/b17-11+,28-18-. The molecule has 0 unspecified atom stereocenters. The lowest BCUT2D eigenvalue weighted by atomic mass is 10.1. The number of carbonyl (C=O) groups is 3. The third-order valence-corrected chi connectivity index (χ3v) is 6.33. The lowest BCUT2D eigenvalue weighted by molar-refractivity contribution is -0.113. The highest BCUT2D eigenvalue weighted by Gasteiger charge is 2.15. The van der Waals surface area contributed by atoms with Crippen LogP contribution < -0.4 is 10.6 Å². The smallest absolute Gasteiger partial charge is 0.272 e. The van der Waals surface area contributed by atoms with Crippen LogP contribution in [0.4, 0.5) is 5.69 Å². The van der Waals surface area contributed by atoms with Gasteiger partial charge in [-0.1, -0.05) is 71.2 Å². The molecule has 194 valence electrons. The van der Waals surface area contributed by atoms with Crippen LogP contribution in [0, 0.1) is 0 Å². The van der Waals surface area contributed by atoms with E-state index in [1.54, 1.807) is 109 Å². The molecule has 0 aliphatic heterocycles. The number of ketones is 1. The molecule has 0 heterocycles. The van der Waals surface area contributed by atoms with E-state index in [9.17, 15) is 14.4 Å². The predicted molar refractivity (Wildman–Crippen MR) is 158 cm³/mol. The second kappa shape index (κ2) is 13.1. The quantitative estimate of drug-likeness (QED) is 0.165. The summed E-state index contributed by atoms with van der Waals surface area (Å²) >= 11 is 18.0. The summed E-state index contributed by atoms with van der Waals surface area (Å²) in [6.45, 7) is 0. The molecule has 0 saturated carbocycles. The number of benzene rings is 4. The van der Waals surface area contributed by atoms with Gasteiger partial charge in [-0.2, -0.15) is 0 Å². The van der Waals surface area contributed by atoms with Crippen molar-refractivity contribution in [2.75, 3.05) is 5.32 Å². The highest BCUT2D eigenvalue weighted by Crippen LogP contribution is 2.22. The molecule has 2 N–H and O–H groups in total. The number of halogens is 3. The highest BCUT2D eigenvalue weighted by molar-refractivity contribution is 6.35. The Morgan fingerprint density at radius 3 is 2.03 bits per heavy atom. The number of allylic oxidation sites excluding steroid dienone is 1. The van der Waals surface area contributed by atoms with Crippen molar-refractivity contribution in [3.05, 3.63) is 146 Å². The fourth-order valence-corrected chi connectivity index (χ4v) is 4.08. The normalized spacial score (nSPS) is 11.3. The lowest BCUT2D eigenvalue weighted by Gasteiger charge is -2.12. The molecular weight excluding hydrogens is 555 g/mol. The van der Waals surface area contributed by atoms with Crippen molar-refractivity contribution in [1.29, 1.82) is 0 Å². The van der Waals surface area contributed by atoms with Gasteiger partial charge in [0.2, 0.25) is 0 Å². The Bertz CT molecular complexity index is 1560. The molecule has 0 bridgehead atoms. The summed E-state index contributed by atoms with van der Waals surface area (Å²) in [7, 11) is 0. The molecule has 4 aromatic carbocycles. The maximum atomic E-state index is 13.2. The van der Waals surface area contributed by atoms with Crippen LogP contribution in [0.25, 0.3) is 12.2 Å². The number of rotatable bonds is 8. The van der Waals surface area contributed by atoms with Gasteiger partial charge in [-0.15, -0.1) is 0 Å². The molecule has 0 fully saturated rings. The van der Waals surface area contributed by atoms with E-state index in [-0.39, 0.29) is 11.5 Å². The topological polar surface area (TPSA) is 75.3 Å². The van der Waals surface area contributed by atoms with Gasteiger partial charge in [-0.25, -0.2) is 0 Å². The zero-order chi connectivity index (χ0) is 27.8. The van der Waals surface area contributed by atoms with Gasteiger partial charge in [0, 0.05) is 31.9 Å². The van der Waals surface area contributed by atoms with E-state index in [0.29, 0.717) is 43.0 Å². The molecule has 0 aromatic heterocycles. The zero-order valence-corrected chi connectivity index (χ0v) is 22.6. The number of amides is 2. The first-order valence-electron chi connectivity index (χ1n) is 11.7. The van der Waals surface area contributed by atoms with Gasteiger partial charge in [-0.05, 0) is 90.0 Å². The summed E-state index contributed by atoms with van der Waals surface area (Å²) in [5.74, 6) is -1.21. The van der Waals surface area contributed by atoms with E-state index < -0.39 is 11.8 Å². The van der Waals surface area contributed by atoms with E-state index >= 15 is 0 Å². The van der Waals surface area contributed by atoms with Crippen LogP contribution in [-0.4, -0.2) is 17.6 Å². The van der Waals surface area contributed by atoms with Crippen molar-refractivity contribution in [1.82, 2.24) is 5.32 Å². The molecular formula is C31H21Cl3N2O3. The number of nitrogens with one attached hydrogen (secondary N) is 2. The van der Waals surface area contributed by atoms with Crippen molar-refractivity contribution in [2.24, 2.45) is 0 Å². The maximum absolute atomic E-state index is 13.2. The van der Waals surface area contributed by atoms with Gasteiger partial charge in [0.25, 0.3) is 11.8 Å². The first-order valence-corrected chi connectivity index (χ1v) is 12.8. The third kappa shape index (κ3) is 7.91. The molecule has 8 heteroatoms. The van der Waals surface area contributed by atoms with Gasteiger partial charge < -0.3 is 10.6 Å². The molecule has 0 aliphatic carbocycles. The van der Waals surface area contributed by atoms with Crippen molar-refractivity contribution in [2.45, 2.75) is 0 Å². The van der Waals surface area contributed by atoms with Gasteiger partial charge >= 0.3 is 0 Å². The van der Waals surface area contributed by atoms with E-state index in [4.69, 9.17) is 34.8 Å². The Morgan fingerprint density at radius 1 is 0.692 bits per heavy atom. The van der Waals surface area contributed by atoms with E-state index in [1.165, 1.54) is 6.08 Å².